The van der Waals surface area contributed by atoms with Gasteiger partial charge in [-0.05, 0) is 73.7 Å². The van der Waals surface area contributed by atoms with E-state index in [1.807, 2.05) is 6.07 Å². The molecule has 0 N–H and O–H groups in total. The summed E-state index contributed by atoms with van der Waals surface area (Å²) in [7, 11) is -4.08. The molecular formula is C24H24FN3O4S. The van der Waals surface area contributed by atoms with Gasteiger partial charge < -0.3 is 4.74 Å². The Labute approximate surface area is 192 Å². The minimum absolute atomic E-state index is 0.0248. The number of fused-ring (bicyclic) bond motifs is 1. The first-order valence-electron chi connectivity index (χ1n) is 10.6. The van der Waals surface area contributed by atoms with Gasteiger partial charge >= 0.3 is 0 Å². The van der Waals surface area contributed by atoms with Crippen LogP contribution >= 0.6 is 0 Å². The lowest BCUT2D eigenvalue weighted by Gasteiger charge is -2.27. The van der Waals surface area contributed by atoms with Crippen LogP contribution < -0.4 is 9.04 Å². The van der Waals surface area contributed by atoms with Crippen LogP contribution in [-0.2, 0) is 29.5 Å². The number of sulfonamides is 1. The molecule has 0 saturated heterocycles. The lowest BCUT2D eigenvalue weighted by molar-refractivity contribution is 0.112. The molecule has 1 unspecified atom stereocenters. The topological polar surface area (TPSA) is 89.5 Å². The van der Waals surface area contributed by atoms with Crippen LogP contribution in [0.2, 0.25) is 0 Å². The molecular weight excluding hydrogens is 445 g/mol. The fourth-order valence-corrected chi connectivity index (χ4v) is 5.33. The molecule has 0 spiro atoms. The Morgan fingerprint density at radius 3 is 2.61 bits per heavy atom. The third kappa shape index (κ3) is 5.03. The predicted molar refractivity (Wildman–Crippen MR) is 122 cm³/mol. The van der Waals surface area contributed by atoms with E-state index in [1.165, 1.54) is 37.6 Å². The summed E-state index contributed by atoms with van der Waals surface area (Å²) in [5, 5.41) is 0. The quantitative estimate of drug-likeness (QED) is 0.442. The normalized spacial score (nSPS) is 13.9. The maximum Gasteiger partial charge on any atom is 0.266 e. The molecule has 1 aliphatic carbocycles. The number of aromatic nitrogens is 2. The van der Waals surface area contributed by atoms with E-state index in [1.54, 1.807) is 18.2 Å². The maximum absolute atomic E-state index is 14.2. The molecule has 1 aromatic carbocycles. The number of anilines is 1. The Kier molecular flexibility index (Phi) is 6.69. The highest BCUT2D eigenvalue weighted by Crippen LogP contribution is 2.38. The maximum atomic E-state index is 14.2. The second kappa shape index (κ2) is 9.66. The van der Waals surface area contributed by atoms with Crippen molar-refractivity contribution in [3.05, 3.63) is 77.4 Å². The second-order valence-corrected chi connectivity index (χ2v) is 9.80. The molecule has 172 valence electrons. The number of benzene rings is 1. The smallest absolute Gasteiger partial charge is 0.266 e. The van der Waals surface area contributed by atoms with Gasteiger partial charge in [0.15, 0.2) is 6.29 Å². The van der Waals surface area contributed by atoms with Crippen molar-refractivity contribution in [1.82, 2.24) is 9.97 Å². The van der Waals surface area contributed by atoms with Crippen LogP contribution in [0, 0.1) is 0 Å². The molecule has 0 amide bonds. The number of aryl methyl sites for hydroxylation is 2. The molecule has 7 nitrogen and oxygen atoms in total. The highest BCUT2D eigenvalue weighted by Gasteiger charge is 2.30. The van der Waals surface area contributed by atoms with Crippen LogP contribution in [0.1, 0.15) is 40.5 Å². The zero-order valence-corrected chi connectivity index (χ0v) is 19.0. The first-order valence-corrected chi connectivity index (χ1v) is 12.1. The summed E-state index contributed by atoms with van der Waals surface area (Å²) in [6, 6.07) is 9.89. The summed E-state index contributed by atoms with van der Waals surface area (Å²) in [6.07, 6.45) is 6.12. The minimum atomic E-state index is -4.08. The lowest BCUT2D eigenvalue weighted by atomic mass is 10.1. The van der Waals surface area contributed by atoms with Crippen LogP contribution in [0.3, 0.4) is 0 Å². The van der Waals surface area contributed by atoms with Gasteiger partial charge in [0, 0.05) is 24.2 Å². The van der Waals surface area contributed by atoms with Crippen molar-refractivity contribution in [2.24, 2.45) is 0 Å². The third-order valence-corrected chi connectivity index (χ3v) is 7.20. The molecule has 1 aliphatic rings. The van der Waals surface area contributed by atoms with Gasteiger partial charge in [0.25, 0.3) is 10.0 Å². The molecule has 0 radical (unpaired) electrons. The van der Waals surface area contributed by atoms with E-state index in [-0.39, 0.29) is 23.7 Å². The Bertz CT molecular complexity index is 1230. The number of nitrogens with zero attached hydrogens (tertiary/aromatic N) is 3. The SMILES string of the molecule is CC(F)CN(c1cc2c(cc1OCc1ccc(C=O)cn1)CCC2)S(=O)(=O)c1cccnc1. The highest BCUT2D eigenvalue weighted by molar-refractivity contribution is 7.92. The van der Waals surface area contributed by atoms with E-state index in [4.69, 9.17) is 4.74 Å². The van der Waals surface area contributed by atoms with Gasteiger partial charge in [-0.3, -0.25) is 19.1 Å². The zero-order chi connectivity index (χ0) is 23.4. The Morgan fingerprint density at radius 1 is 1.18 bits per heavy atom. The largest absolute Gasteiger partial charge is 0.485 e. The number of hydrogen-bond acceptors (Lipinski definition) is 6. The molecule has 2 aromatic heterocycles. The minimum Gasteiger partial charge on any atom is -0.485 e. The zero-order valence-electron chi connectivity index (χ0n) is 18.1. The summed E-state index contributed by atoms with van der Waals surface area (Å²) in [4.78, 5) is 18.9. The van der Waals surface area contributed by atoms with Crippen LogP contribution in [-0.4, -0.2) is 37.4 Å². The molecule has 3 aromatic rings. The van der Waals surface area contributed by atoms with E-state index in [9.17, 15) is 17.6 Å². The van der Waals surface area contributed by atoms with Gasteiger partial charge in [0.1, 0.15) is 23.4 Å². The summed E-state index contributed by atoms with van der Waals surface area (Å²) < 4.78 is 48.3. The van der Waals surface area contributed by atoms with Crippen LogP contribution in [0.25, 0.3) is 0 Å². The summed E-state index contributed by atoms with van der Waals surface area (Å²) in [5.41, 5.74) is 3.43. The Hall–Kier alpha value is -3.33. The summed E-state index contributed by atoms with van der Waals surface area (Å²) >= 11 is 0. The molecule has 0 bridgehead atoms. The first kappa shape index (κ1) is 22.8. The average Bonchev–Trinajstić information content (AvgIpc) is 3.29. The summed E-state index contributed by atoms with van der Waals surface area (Å²) in [6.45, 7) is 1.02. The Balaban J connectivity index is 1.75. The Morgan fingerprint density at radius 2 is 1.97 bits per heavy atom. The molecule has 0 saturated carbocycles. The number of pyridine rings is 2. The van der Waals surface area contributed by atoms with Crippen molar-refractivity contribution in [2.45, 2.75) is 43.9 Å². The van der Waals surface area contributed by atoms with Gasteiger partial charge in [0.05, 0.1) is 17.9 Å². The monoisotopic (exact) mass is 469 g/mol. The van der Waals surface area contributed by atoms with Crippen molar-refractivity contribution in [1.29, 1.82) is 0 Å². The van der Waals surface area contributed by atoms with E-state index in [2.05, 4.69) is 9.97 Å². The number of hydrogen-bond donors (Lipinski definition) is 0. The van der Waals surface area contributed by atoms with Gasteiger partial charge in [-0.25, -0.2) is 12.8 Å². The van der Waals surface area contributed by atoms with Crippen LogP contribution in [0.4, 0.5) is 10.1 Å². The standard InChI is InChI=1S/C24H24FN3O4S/c1-17(25)14-28(33(30,31)22-6-3-9-26-13-22)23-10-19-4-2-5-20(19)11-24(23)32-16-21-8-7-18(15-29)12-27-21/h3,6-13,15,17H,2,4-5,14,16H2,1H3. The molecule has 9 heteroatoms. The number of rotatable bonds is 9. The number of aldehydes is 1. The number of halogens is 1. The van der Waals surface area contributed by atoms with Crippen molar-refractivity contribution >= 4 is 22.0 Å². The van der Waals surface area contributed by atoms with Crippen molar-refractivity contribution in [2.75, 3.05) is 10.8 Å². The fraction of sp³-hybridized carbons (Fsp3) is 0.292. The van der Waals surface area contributed by atoms with E-state index >= 15 is 0 Å². The second-order valence-electron chi connectivity index (χ2n) is 7.94. The van der Waals surface area contributed by atoms with Crippen molar-refractivity contribution in [3.63, 3.8) is 0 Å². The first-order chi connectivity index (χ1) is 15.9. The van der Waals surface area contributed by atoms with Gasteiger partial charge in [0.2, 0.25) is 0 Å². The molecule has 2 heterocycles. The van der Waals surface area contributed by atoms with E-state index in [0.29, 0.717) is 23.3 Å². The highest BCUT2D eigenvalue weighted by atomic mass is 32.2. The third-order valence-electron chi connectivity index (χ3n) is 5.44. The van der Waals surface area contributed by atoms with Crippen LogP contribution in [0.5, 0.6) is 5.75 Å². The number of carbonyl (C=O) groups excluding carboxylic acids is 1. The van der Waals surface area contributed by atoms with Crippen molar-refractivity contribution < 1.29 is 22.3 Å². The number of alkyl halides is 1. The fourth-order valence-electron chi connectivity index (χ4n) is 3.82. The van der Waals surface area contributed by atoms with Crippen molar-refractivity contribution in [3.8, 4) is 5.75 Å². The number of ether oxygens (including phenoxy) is 1. The lowest BCUT2D eigenvalue weighted by Crippen LogP contribution is -2.36. The average molecular weight is 470 g/mol. The predicted octanol–water partition coefficient (Wildman–Crippen LogP) is 3.91. The van der Waals surface area contributed by atoms with Gasteiger partial charge in [-0.15, -0.1) is 0 Å². The summed E-state index contributed by atoms with van der Waals surface area (Å²) in [5.74, 6) is 0.338. The molecule has 1 atom stereocenters. The van der Waals surface area contributed by atoms with E-state index in [0.717, 1.165) is 34.7 Å². The molecule has 33 heavy (non-hydrogen) atoms. The van der Waals surface area contributed by atoms with Gasteiger partial charge in [-0.2, -0.15) is 0 Å². The van der Waals surface area contributed by atoms with E-state index < -0.39 is 16.2 Å². The van der Waals surface area contributed by atoms with Gasteiger partial charge in [-0.1, -0.05) is 0 Å². The molecule has 4 rings (SSSR count). The molecule has 0 aliphatic heterocycles. The molecule has 0 fully saturated rings. The number of carbonyl (C=O) groups is 1. The van der Waals surface area contributed by atoms with Crippen LogP contribution in [0.15, 0.2) is 59.9 Å².